The Kier molecular flexibility index (Phi) is 3.55. The molecule has 0 aliphatic heterocycles. The lowest BCUT2D eigenvalue weighted by Gasteiger charge is -2.23. The lowest BCUT2D eigenvalue weighted by molar-refractivity contribution is -0.143. The second-order valence-electron chi connectivity index (χ2n) is 3.36. The zero-order valence-corrected chi connectivity index (χ0v) is 8.61. The van der Waals surface area contributed by atoms with Crippen LogP contribution < -0.4 is 0 Å². The van der Waals surface area contributed by atoms with Gasteiger partial charge in [-0.15, -0.1) is 0 Å². The maximum Gasteiger partial charge on any atom is 0.220 e. The molecule has 2 atom stereocenters. The van der Waals surface area contributed by atoms with E-state index in [9.17, 15) is 14.3 Å². The molecule has 0 aromatic heterocycles. The largest absolute Gasteiger partial charge is 0.365 e. The highest BCUT2D eigenvalue weighted by Crippen LogP contribution is 2.22. The maximum absolute atomic E-state index is 13.8. The lowest BCUT2D eigenvalue weighted by Crippen LogP contribution is -2.43. The summed E-state index contributed by atoms with van der Waals surface area (Å²) in [6.45, 7) is 0.997. The zero-order chi connectivity index (χ0) is 11.5. The number of hydrogen-bond donors (Lipinski definition) is 1. The van der Waals surface area contributed by atoms with Gasteiger partial charge in [0.15, 0.2) is 6.29 Å². The van der Waals surface area contributed by atoms with E-state index in [1.165, 1.54) is 12.1 Å². The van der Waals surface area contributed by atoms with Gasteiger partial charge in [-0.25, -0.2) is 4.39 Å². The minimum absolute atomic E-state index is 0.207. The molecule has 0 spiro atoms. The quantitative estimate of drug-likeness (QED) is 0.608. The molecule has 15 heavy (non-hydrogen) atoms. The number of ether oxygens (including phenoxy) is 1. The highest BCUT2D eigenvalue weighted by Gasteiger charge is 2.41. The Labute approximate surface area is 87.5 Å². The monoisotopic (exact) mass is 212 g/mol. The number of halogens is 1. The minimum Gasteiger partial charge on any atom is -0.365 e. The molecular weight excluding hydrogens is 199 g/mol. The third-order valence-corrected chi connectivity index (χ3v) is 2.17. The maximum atomic E-state index is 13.8. The molecule has 0 radical (unpaired) electrons. The van der Waals surface area contributed by atoms with Crippen LogP contribution in [0.1, 0.15) is 17.3 Å². The van der Waals surface area contributed by atoms with E-state index < -0.39 is 17.7 Å². The van der Waals surface area contributed by atoms with Crippen molar-refractivity contribution in [1.29, 1.82) is 0 Å². The standard InChI is InChI=1S/C11H13FO3/c1-11(12,10(14)15-2)9(13)8-6-4-3-5-7-8/h3-7,10,14H,1-2H3/t10-,11-/m1/s1. The molecule has 0 heterocycles. The topological polar surface area (TPSA) is 46.5 Å². The fraction of sp³-hybridized carbons (Fsp3) is 0.364. The van der Waals surface area contributed by atoms with Crippen molar-refractivity contribution < 1.29 is 19.0 Å². The minimum atomic E-state index is -2.43. The van der Waals surface area contributed by atoms with Gasteiger partial charge < -0.3 is 9.84 Å². The van der Waals surface area contributed by atoms with Crippen LogP contribution in [0.4, 0.5) is 4.39 Å². The van der Waals surface area contributed by atoms with Crippen molar-refractivity contribution in [2.24, 2.45) is 0 Å². The van der Waals surface area contributed by atoms with Gasteiger partial charge in [-0.3, -0.25) is 4.79 Å². The van der Waals surface area contributed by atoms with E-state index >= 15 is 0 Å². The number of aliphatic hydroxyl groups excluding tert-OH is 1. The summed E-state index contributed by atoms with van der Waals surface area (Å²) in [6.07, 6.45) is -1.76. The summed E-state index contributed by atoms with van der Waals surface area (Å²) >= 11 is 0. The molecule has 0 unspecified atom stereocenters. The molecule has 0 bridgehead atoms. The number of alkyl halides is 1. The number of carbonyl (C=O) groups excluding carboxylic acids is 1. The molecule has 0 saturated carbocycles. The van der Waals surface area contributed by atoms with Crippen LogP contribution in [0.15, 0.2) is 30.3 Å². The van der Waals surface area contributed by atoms with Crippen LogP contribution in [0.2, 0.25) is 0 Å². The Morgan fingerprint density at radius 3 is 2.47 bits per heavy atom. The summed E-state index contributed by atoms with van der Waals surface area (Å²) in [6, 6.07) is 7.95. The van der Waals surface area contributed by atoms with Crippen LogP contribution in [0.5, 0.6) is 0 Å². The first-order chi connectivity index (χ1) is 7.00. The van der Waals surface area contributed by atoms with Gasteiger partial charge in [-0.05, 0) is 6.92 Å². The Balaban J connectivity index is 2.94. The van der Waals surface area contributed by atoms with Crippen LogP contribution in [0.25, 0.3) is 0 Å². The van der Waals surface area contributed by atoms with Crippen LogP contribution in [-0.4, -0.2) is 30.0 Å². The third kappa shape index (κ3) is 2.40. The molecule has 0 aliphatic carbocycles. The predicted octanol–water partition coefficient (Wildman–Crippen LogP) is 1.56. The van der Waals surface area contributed by atoms with Crippen molar-refractivity contribution in [2.75, 3.05) is 7.11 Å². The van der Waals surface area contributed by atoms with E-state index in [0.29, 0.717) is 0 Å². The van der Waals surface area contributed by atoms with Crippen molar-refractivity contribution in [3.8, 4) is 0 Å². The van der Waals surface area contributed by atoms with Crippen LogP contribution >= 0.6 is 0 Å². The Bertz CT molecular complexity index is 335. The number of ketones is 1. The van der Waals surface area contributed by atoms with E-state index in [2.05, 4.69) is 4.74 Å². The van der Waals surface area contributed by atoms with Gasteiger partial charge in [0.25, 0.3) is 0 Å². The number of aliphatic hydroxyl groups is 1. The number of carbonyl (C=O) groups is 1. The molecule has 3 nitrogen and oxygen atoms in total. The summed E-state index contributed by atoms with van der Waals surface area (Å²) in [4.78, 5) is 11.7. The van der Waals surface area contributed by atoms with Crippen molar-refractivity contribution in [3.63, 3.8) is 0 Å². The highest BCUT2D eigenvalue weighted by molar-refractivity contribution is 6.02. The molecule has 0 amide bonds. The van der Waals surface area contributed by atoms with Crippen molar-refractivity contribution >= 4 is 5.78 Å². The summed E-state index contributed by atoms with van der Waals surface area (Å²) in [5.41, 5.74) is -2.23. The average molecular weight is 212 g/mol. The Morgan fingerprint density at radius 2 is 2.00 bits per heavy atom. The van der Waals surface area contributed by atoms with E-state index in [-0.39, 0.29) is 5.56 Å². The van der Waals surface area contributed by atoms with E-state index in [1.807, 2.05) is 0 Å². The highest BCUT2D eigenvalue weighted by atomic mass is 19.1. The SMILES string of the molecule is CO[C@@H](O)[C@](C)(F)C(=O)c1ccccc1. The van der Waals surface area contributed by atoms with E-state index in [1.54, 1.807) is 18.2 Å². The molecule has 0 fully saturated rings. The summed E-state index contributed by atoms with van der Waals surface area (Å²) in [7, 11) is 1.14. The van der Waals surface area contributed by atoms with Crippen LogP contribution in [-0.2, 0) is 4.74 Å². The fourth-order valence-electron chi connectivity index (χ4n) is 1.21. The molecule has 1 N–H and O–H groups in total. The van der Waals surface area contributed by atoms with Gasteiger partial charge in [0.2, 0.25) is 11.5 Å². The first-order valence-electron chi connectivity index (χ1n) is 4.49. The van der Waals surface area contributed by atoms with Gasteiger partial charge >= 0.3 is 0 Å². The third-order valence-electron chi connectivity index (χ3n) is 2.17. The number of hydrogen-bond acceptors (Lipinski definition) is 3. The first kappa shape index (κ1) is 11.8. The lowest BCUT2D eigenvalue weighted by atomic mass is 9.96. The normalized spacial score (nSPS) is 16.8. The first-order valence-corrected chi connectivity index (χ1v) is 4.49. The number of Topliss-reactive ketones (excluding diaryl/α,β-unsaturated/α-hetero) is 1. The second-order valence-corrected chi connectivity index (χ2v) is 3.36. The smallest absolute Gasteiger partial charge is 0.220 e. The van der Waals surface area contributed by atoms with Gasteiger partial charge in [-0.2, -0.15) is 0 Å². The van der Waals surface area contributed by atoms with Crippen LogP contribution in [0, 0.1) is 0 Å². The Hall–Kier alpha value is -1.26. The zero-order valence-electron chi connectivity index (χ0n) is 8.61. The number of benzene rings is 1. The van der Waals surface area contributed by atoms with E-state index in [0.717, 1.165) is 14.0 Å². The van der Waals surface area contributed by atoms with Gasteiger partial charge in [0.1, 0.15) is 0 Å². The molecule has 1 aromatic carbocycles. The fourth-order valence-corrected chi connectivity index (χ4v) is 1.21. The second kappa shape index (κ2) is 4.51. The average Bonchev–Trinajstić information content (AvgIpc) is 2.28. The van der Waals surface area contributed by atoms with Crippen molar-refractivity contribution in [2.45, 2.75) is 18.9 Å². The molecule has 1 aromatic rings. The molecular formula is C11H13FO3. The van der Waals surface area contributed by atoms with E-state index in [4.69, 9.17) is 0 Å². The van der Waals surface area contributed by atoms with Crippen molar-refractivity contribution in [1.82, 2.24) is 0 Å². The van der Waals surface area contributed by atoms with Crippen LogP contribution in [0.3, 0.4) is 0 Å². The summed E-state index contributed by atoms with van der Waals surface area (Å²) in [5, 5.41) is 9.20. The van der Waals surface area contributed by atoms with Gasteiger partial charge in [0, 0.05) is 12.7 Å². The predicted molar refractivity (Wildman–Crippen MR) is 53.3 cm³/mol. The molecule has 4 heteroatoms. The molecule has 1 rings (SSSR count). The van der Waals surface area contributed by atoms with Crippen molar-refractivity contribution in [3.05, 3.63) is 35.9 Å². The molecule has 0 aliphatic rings. The summed E-state index contributed by atoms with van der Waals surface area (Å²) in [5.74, 6) is -0.794. The number of methoxy groups -OCH3 is 1. The Morgan fingerprint density at radius 1 is 1.47 bits per heavy atom. The van der Waals surface area contributed by atoms with Gasteiger partial charge in [-0.1, -0.05) is 30.3 Å². The molecule has 0 saturated heterocycles. The summed E-state index contributed by atoms with van der Waals surface area (Å²) < 4.78 is 18.3. The molecule has 82 valence electrons. The number of rotatable bonds is 4. The van der Waals surface area contributed by atoms with Gasteiger partial charge in [0.05, 0.1) is 0 Å².